The first-order chi connectivity index (χ1) is 9.31. The van der Waals surface area contributed by atoms with Crippen LogP contribution in [0, 0.1) is 0 Å². The summed E-state index contributed by atoms with van der Waals surface area (Å²) in [5.74, 6) is 0. The summed E-state index contributed by atoms with van der Waals surface area (Å²) >= 11 is 5.40. The number of halogens is 1. The third-order valence-corrected chi connectivity index (χ3v) is 5.72. The van der Waals surface area contributed by atoms with Gasteiger partial charge in [0.15, 0.2) is 0 Å². The van der Waals surface area contributed by atoms with Crippen LogP contribution in [0.25, 0.3) is 0 Å². The maximum absolute atomic E-state index is 3.54. The Morgan fingerprint density at radius 1 is 1.21 bits per heavy atom. The molecule has 1 fully saturated rings. The lowest BCUT2D eigenvalue weighted by atomic mass is 10.0. The molecule has 4 heteroatoms. The van der Waals surface area contributed by atoms with Crippen molar-refractivity contribution in [3.8, 4) is 0 Å². The lowest BCUT2D eigenvalue weighted by molar-refractivity contribution is 0.103. The van der Waals surface area contributed by atoms with Gasteiger partial charge in [0.05, 0.1) is 3.79 Å². The van der Waals surface area contributed by atoms with Crippen molar-refractivity contribution in [1.29, 1.82) is 0 Å². The summed E-state index contributed by atoms with van der Waals surface area (Å²) in [6, 6.07) is 5.11. The fraction of sp³-hybridized carbons (Fsp3) is 0.600. The first-order valence-electron chi connectivity index (χ1n) is 7.18. The van der Waals surface area contributed by atoms with Crippen LogP contribution in [-0.2, 0) is 6.54 Å². The molecule has 2 aliphatic rings. The van der Waals surface area contributed by atoms with Crippen molar-refractivity contribution in [2.45, 2.75) is 31.8 Å². The molecule has 1 aromatic heterocycles. The average molecular weight is 341 g/mol. The Bertz CT molecular complexity index is 435. The van der Waals surface area contributed by atoms with Crippen LogP contribution in [0.1, 0.15) is 24.1 Å². The summed E-state index contributed by atoms with van der Waals surface area (Å²) < 4.78 is 1.24. The highest BCUT2D eigenvalue weighted by Crippen LogP contribution is 2.24. The van der Waals surface area contributed by atoms with Gasteiger partial charge in [0.1, 0.15) is 0 Å². The van der Waals surface area contributed by atoms with Gasteiger partial charge in [-0.15, -0.1) is 11.3 Å². The van der Waals surface area contributed by atoms with Gasteiger partial charge < -0.3 is 0 Å². The van der Waals surface area contributed by atoms with Gasteiger partial charge in [0.2, 0.25) is 0 Å². The molecule has 0 N–H and O–H groups in total. The Morgan fingerprint density at radius 3 is 2.68 bits per heavy atom. The van der Waals surface area contributed by atoms with Crippen LogP contribution >= 0.6 is 27.3 Å². The number of rotatable bonds is 3. The van der Waals surface area contributed by atoms with Crippen molar-refractivity contribution >= 4 is 27.3 Å². The van der Waals surface area contributed by atoms with Gasteiger partial charge in [-0.3, -0.25) is 9.80 Å². The maximum Gasteiger partial charge on any atom is 0.0701 e. The van der Waals surface area contributed by atoms with Gasteiger partial charge in [0.25, 0.3) is 0 Å². The molecule has 2 nitrogen and oxygen atoms in total. The number of hydrogen-bond donors (Lipinski definition) is 0. The largest absolute Gasteiger partial charge is 0.296 e. The molecule has 1 saturated heterocycles. The smallest absolute Gasteiger partial charge is 0.0701 e. The summed E-state index contributed by atoms with van der Waals surface area (Å²) in [5.41, 5.74) is 0. The molecule has 1 aromatic rings. The molecule has 1 aliphatic carbocycles. The molecule has 0 aromatic carbocycles. The Morgan fingerprint density at radius 2 is 2.05 bits per heavy atom. The average Bonchev–Trinajstić information content (AvgIpc) is 2.86. The fourth-order valence-corrected chi connectivity index (χ4v) is 4.53. The van der Waals surface area contributed by atoms with E-state index in [4.69, 9.17) is 0 Å². The normalized spacial score (nSPS) is 25.8. The minimum atomic E-state index is 0.715. The highest BCUT2D eigenvalue weighted by Gasteiger charge is 2.23. The summed E-state index contributed by atoms with van der Waals surface area (Å²) in [5, 5.41) is 0. The Labute approximate surface area is 128 Å². The third-order valence-electron chi connectivity index (χ3n) is 4.11. The molecule has 1 aliphatic heterocycles. The topological polar surface area (TPSA) is 6.48 Å². The second-order valence-corrected chi connectivity index (χ2v) is 7.99. The molecule has 0 amide bonds. The number of piperazine rings is 1. The zero-order chi connectivity index (χ0) is 13.1. The molecule has 3 rings (SSSR count). The monoisotopic (exact) mass is 340 g/mol. The molecule has 0 bridgehead atoms. The molecule has 0 spiro atoms. The standard InChI is InChI=1S/C15H21BrN2S/c16-15-7-6-14(19-15)12-17-8-10-18(11-9-17)13-4-2-1-3-5-13/h2,4,6-7,13H,1,3,5,8-12H2. The SMILES string of the molecule is Brc1ccc(CN2CCN(C3C=CCCC3)CC2)s1. The minimum absolute atomic E-state index is 0.715. The molecule has 2 heterocycles. The summed E-state index contributed by atoms with van der Waals surface area (Å²) in [4.78, 5) is 6.72. The van der Waals surface area contributed by atoms with Crippen LogP contribution < -0.4 is 0 Å². The predicted molar refractivity (Wildman–Crippen MR) is 85.6 cm³/mol. The van der Waals surface area contributed by atoms with Crippen LogP contribution in [0.4, 0.5) is 0 Å². The first-order valence-corrected chi connectivity index (χ1v) is 8.79. The van der Waals surface area contributed by atoms with Crippen molar-refractivity contribution in [1.82, 2.24) is 9.80 Å². The van der Waals surface area contributed by atoms with E-state index in [1.807, 2.05) is 11.3 Å². The molecule has 1 atom stereocenters. The second kappa shape index (κ2) is 6.53. The van der Waals surface area contributed by atoms with Crippen molar-refractivity contribution < 1.29 is 0 Å². The van der Waals surface area contributed by atoms with Crippen molar-refractivity contribution in [2.24, 2.45) is 0 Å². The van der Waals surface area contributed by atoms with Crippen molar-refractivity contribution in [3.05, 3.63) is 32.9 Å². The van der Waals surface area contributed by atoms with Gasteiger partial charge in [-0.1, -0.05) is 12.2 Å². The Balaban J connectivity index is 1.49. The minimum Gasteiger partial charge on any atom is -0.296 e. The Hall–Kier alpha value is -0.160. The lowest BCUT2D eigenvalue weighted by Gasteiger charge is -2.39. The van der Waals surface area contributed by atoms with Crippen LogP contribution in [0.2, 0.25) is 0 Å². The van der Waals surface area contributed by atoms with E-state index in [0.717, 1.165) is 6.54 Å². The van der Waals surface area contributed by atoms with Gasteiger partial charge in [0, 0.05) is 43.6 Å². The highest BCUT2D eigenvalue weighted by atomic mass is 79.9. The van der Waals surface area contributed by atoms with E-state index in [1.54, 1.807) is 0 Å². The van der Waals surface area contributed by atoms with E-state index in [2.05, 4.69) is 50.0 Å². The molecule has 0 radical (unpaired) electrons. The fourth-order valence-electron chi connectivity index (χ4n) is 3.01. The van der Waals surface area contributed by atoms with E-state index in [1.165, 1.54) is 54.1 Å². The predicted octanol–water partition coefficient (Wildman–Crippen LogP) is 3.74. The van der Waals surface area contributed by atoms with E-state index in [0.29, 0.717) is 6.04 Å². The summed E-state index contributed by atoms with van der Waals surface area (Å²) in [6.45, 7) is 5.98. The van der Waals surface area contributed by atoms with Crippen LogP contribution in [0.15, 0.2) is 28.1 Å². The van der Waals surface area contributed by atoms with Gasteiger partial charge in [-0.25, -0.2) is 0 Å². The van der Waals surface area contributed by atoms with E-state index in [-0.39, 0.29) is 0 Å². The first kappa shape index (κ1) is 13.8. The lowest BCUT2D eigenvalue weighted by Crippen LogP contribution is -2.49. The van der Waals surface area contributed by atoms with Crippen LogP contribution in [-0.4, -0.2) is 42.0 Å². The number of thiophene rings is 1. The quantitative estimate of drug-likeness (QED) is 0.773. The van der Waals surface area contributed by atoms with Gasteiger partial charge in [-0.05, 0) is 47.3 Å². The summed E-state index contributed by atoms with van der Waals surface area (Å²) in [7, 11) is 0. The Kier molecular flexibility index (Phi) is 4.74. The molecule has 1 unspecified atom stereocenters. The van der Waals surface area contributed by atoms with Gasteiger partial charge >= 0.3 is 0 Å². The molecule has 104 valence electrons. The molecular weight excluding hydrogens is 320 g/mol. The van der Waals surface area contributed by atoms with Crippen LogP contribution in [0.3, 0.4) is 0 Å². The number of allylic oxidation sites excluding steroid dienone is 1. The molecule has 19 heavy (non-hydrogen) atoms. The van der Waals surface area contributed by atoms with Crippen molar-refractivity contribution in [3.63, 3.8) is 0 Å². The maximum atomic E-state index is 3.54. The van der Waals surface area contributed by atoms with Crippen molar-refractivity contribution in [2.75, 3.05) is 26.2 Å². The van der Waals surface area contributed by atoms with E-state index in [9.17, 15) is 0 Å². The third kappa shape index (κ3) is 3.69. The number of hydrogen-bond acceptors (Lipinski definition) is 3. The van der Waals surface area contributed by atoms with E-state index < -0.39 is 0 Å². The highest BCUT2D eigenvalue weighted by molar-refractivity contribution is 9.11. The van der Waals surface area contributed by atoms with E-state index >= 15 is 0 Å². The second-order valence-electron chi connectivity index (χ2n) is 5.44. The summed E-state index contributed by atoms with van der Waals surface area (Å²) in [6.07, 6.45) is 8.79. The van der Waals surface area contributed by atoms with Crippen LogP contribution in [0.5, 0.6) is 0 Å². The zero-order valence-electron chi connectivity index (χ0n) is 11.2. The number of nitrogens with zero attached hydrogens (tertiary/aromatic N) is 2. The molecule has 0 saturated carbocycles. The van der Waals surface area contributed by atoms with Gasteiger partial charge in [-0.2, -0.15) is 0 Å². The zero-order valence-corrected chi connectivity index (χ0v) is 13.6. The molecular formula is C15H21BrN2S.